The number of anilines is 2. The lowest BCUT2D eigenvalue weighted by molar-refractivity contribution is 0.479. The molecule has 3 heteroatoms. The van der Waals surface area contributed by atoms with Gasteiger partial charge in [0.2, 0.25) is 0 Å². The fraction of sp³-hybridized carbons (Fsp3) is 0. The Morgan fingerprint density at radius 2 is 1.62 bits per heavy atom. The lowest BCUT2D eigenvalue weighted by atomic mass is 10.1. The first kappa shape index (κ1) is 7.73. The Morgan fingerprint density at radius 1 is 1.00 bits per heavy atom. The lowest BCUT2D eigenvalue weighted by Crippen LogP contribution is -1.92. The third kappa shape index (κ3) is 1.05. The molecule has 0 aliphatic carbocycles. The average Bonchev–Trinajstić information content (AvgIpc) is 2.15. The summed E-state index contributed by atoms with van der Waals surface area (Å²) in [6.07, 6.45) is 0. The second-order valence-electron chi connectivity index (χ2n) is 2.94. The maximum atomic E-state index is 9.39. The van der Waals surface area contributed by atoms with Gasteiger partial charge < -0.3 is 16.6 Å². The van der Waals surface area contributed by atoms with Crippen LogP contribution in [0.25, 0.3) is 10.8 Å². The van der Waals surface area contributed by atoms with E-state index in [1.807, 2.05) is 24.3 Å². The molecule has 0 heterocycles. The highest BCUT2D eigenvalue weighted by Crippen LogP contribution is 2.33. The average molecular weight is 174 g/mol. The molecule has 0 atom stereocenters. The SMILES string of the molecule is Nc1cc(O)c(N)c2ccccc12. The molecule has 66 valence electrons. The third-order valence-electron chi connectivity index (χ3n) is 2.10. The van der Waals surface area contributed by atoms with Crippen molar-refractivity contribution in [3.8, 4) is 5.75 Å². The highest BCUT2D eigenvalue weighted by Gasteiger charge is 2.05. The van der Waals surface area contributed by atoms with Crippen LogP contribution < -0.4 is 11.5 Å². The quantitative estimate of drug-likeness (QED) is 0.420. The van der Waals surface area contributed by atoms with Crippen LogP contribution in [0.3, 0.4) is 0 Å². The van der Waals surface area contributed by atoms with E-state index in [2.05, 4.69) is 0 Å². The van der Waals surface area contributed by atoms with Crippen molar-refractivity contribution in [1.82, 2.24) is 0 Å². The number of fused-ring (bicyclic) bond motifs is 1. The fourth-order valence-corrected chi connectivity index (χ4v) is 1.41. The van der Waals surface area contributed by atoms with E-state index in [0.29, 0.717) is 11.4 Å². The van der Waals surface area contributed by atoms with Crippen LogP contribution in [0.4, 0.5) is 11.4 Å². The Kier molecular flexibility index (Phi) is 1.52. The highest BCUT2D eigenvalue weighted by atomic mass is 16.3. The predicted molar refractivity (Wildman–Crippen MR) is 54.4 cm³/mol. The zero-order valence-electron chi connectivity index (χ0n) is 6.99. The molecule has 0 fully saturated rings. The second kappa shape index (κ2) is 2.55. The highest BCUT2D eigenvalue weighted by molar-refractivity contribution is 6.02. The summed E-state index contributed by atoms with van der Waals surface area (Å²) in [5.74, 6) is 0.0381. The molecule has 0 aromatic heterocycles. The van der Waals surface area contributed by atoms with E-state index in [9.17, 15) is 5.11 Å². The number of phenols is 1. The van der Waals surface area contributed by atoms with Crippen molar-refractivity contribution in [3.05, 3.63) is 30.3 Å². The van der Waals surface area contributed by atoms with Crippen molar-refractivity contribution in [3.63, 3.8) is 0 Å². The standard InChI is InChI=1S/C10H10N2O/c11-8-5-9(13)10(12)7-4-2-1-3-6(7)8/h1-5,13H,11-12H2. The summed E-state index contributed by atoms with van der Waals surface area (Å²) >= 11 is 0. The van der Waals surface area contributed by atoms with Crippen LogP contribution in [-0.4, -0.2) is 5.11 Å². The molecule has 0 bridgehead atoms. The van der Waals surface area contributed by atoms with Crippen molar-refractivity contribution < 1.29 is 5.11 Å². The molecule has 5 N–H and O–H groups in total. The third-order valence-corrected chi connectivity index (χ3v) is 2.10. The summed E-state index contributed by atoms with van der Waals surface area (Å²) in [7, 11) is 0. The largest absolute Gasteiger partial charge is 0.506 e. The number of aromatic hydroxyl groups is 1. The topological polar surface area (TPSA) is 72.3 Å². The van der Waals surface area contributed by atoms with Gasteiger partial charge in [0.15, 0.2) is 0 Å². The van der Waals surface area contributed by atoms with Gasteiger partial charge in [-0.1, -0.05) is 24.3 Å². The summed E-state index contributed by atoms with van der Waals surface area (Å²) in [6.45, 7) is 0. The van der Waals surface area contributed by atoms with E-state index < -0.39 is 0 Å². The van der Waals surface area contributed by atoms with E-state index >= 15 is 0 Å². The summed E-state index contributed by atoms with van der Waals surface area (Å²) < 4.78 is 0. The summed E-state index contributed by atoms with van der Waals surface area (Å²) in [5.41, 5.74) is 12.3. The number of rotatable bonds is 0. The molecule has 3 nitrogen and oxygen atoms in total. The minimum atomic E-state index is 0.0381. The number of hydrogen-bond donors (Lipinski definition) is 3. The Balaban J connectivity index is 2.97. The van der Waals surface area contributed by atoms with Crippen LogP contribution in [0, 0.1) is 0 Å². The summed E-state index contributed by atoms with van der Waals surface area (Å²) in [5, 5.41) is 11.1. The van der Waals surface area contributed by atoms with Gasteiger partial charge in [-0.25, -0.2) is 0 Å². The maximum Gasteiger partial charge on any atom is 0.141 e. The molecule has 0 radical (unpaired) electrons. The molecule has 2 aromatic rings. The smallest absolute Gasteiger partial charge is 0.141 e. The van der Waals surface area contributed by atoms with Gasteiger partial charge in [0, 0.05) is 22.5 Å². The second-order valence-corrected chi connectivity index (χ2v) is 2.94. The zero-order valence-corrected chi connectivity index (χ0v) is 6.99. The molecule has 13 heavy (non-hydrogen) atoms. The fourth-order valence-electron chi connectivity index (χ4n) is 1.41. The van der Waals surface area contributed by atoms with Crippen molar-refractivity contribution >= 4 is 22.1 Å². The first-order valence-electron chi connectivity index (χ1n) is 3.96. The van der Waals surface area contributed by atoms with Crippen molar-refractivity contribution in [1.29, 1.82) is 0 Å². The molecule has 0 aliphatic rings. The maximum absolute atomic E-state index is 9.39. The Labute approximate surface area is 75.6 Å². The van der Waals surface area contributed by atoms with Gasteiger partial charge in [-0.2, -0.15) is 0 Å². The van der Waals surface area contributed by atoms with Gasteiger partial charge in [0.05, 0.1) is 5.69 Å². The van der Waals surface area contributed by atoms with E-state index in [1.165, 1.54) is 6.07 Å². The van der Waals surface area contributed by atoms with E-state index in [4.69, 9.17) is 11.5 Å². The van der Waals surface area contributed by atoms with Gasteiger partial charge in [0.25, 0.3) is 0 Å². The van der Waals surface area contributed by atoms with Gasteiger partial charge in [-0.05, 0) is 0 Å². The molecule has 0 unspecified atom stereocenters. The number of benzene rings is 2. The molecule has 0 aliphatic heterocycles. The van der Waals surface area contributed by atoms with Crippen LogP contribution in [0.15, 0.2) is 30.3 Å². The number of phenolic OH excluding ortho intramolecular Hbond substituents is 1. The van der Waals surface area contributed by atoms with Gasteiger partial charge in [-0.3, -0.25) is 0 Å². The molecule has 0 amide bonds. The summed E-state index contributed by atoms with van der Waals surface area (Å²) in [6, 6.07) is 8.92. The van der Waals surface area contributed by atoms with Gasteiger partial charge >= 0.3 is 0 Å². The molecule has 2 aromatic carbocycles. The molecule has 0 saturated heterocycles. The zero-order chi connectivity index (χ0) is 9.42. The normalized spacial score (nSPS) is 10.5. The van der Waals surface area contributed by atoms with E-state index in [1.54, 1.807) is 0 Å². The van der Waals surface area contributed by atoms with Crippen LogP contribution in [0.5, 0.6) is 5.75 Å². The summed E-state index contributed by atoms with van der Waals surface area (Å²) in [4.78, 5) is 0. The van der Waals surface area contributed by atoms with Crippen LogP contribution in [-0.2, 0) is 0 Å². The first-order valence-corrected chi connectivity index (χ1v) is 3.96. The Morgan fingerprint density at radius 3 is 2.31 bits per heavy atom. The van der Waals surface area contributed by atoms with Crippen LogP contribution in [0.1, 0.15) is 0 Å². The van der Waals surface area contributed by atoms with Crippen molar-refractivity contribution in [2.24, 2.45) is 0 Å². The van der Waals surface area contributed by atoms with E-state index in [-0.39, 0.29) is 5.75 Å². The predicted octanol–water partition coefficient (Wildman–Crippen LogP) is 1.71. The first-order chi connectivity index (χ1) is 6.20. The van der Waals surface area contributed by atoms with E-state index in [0.717, 1.165) is 10.8 Å². The molecule has 0 spiro atoms. The molecule has 2 rings (SSSR count). The molecular formula is C10H10N2O. The Hall–Kier alpha value is -1.90. The van der Waals surface area contributed by atoms with Crippen LogP contribution in [0.2, 0.25) is 0 Å². The van der Waals surface area contributed by atoms with Crippen LogP contribution >= 0.6 is 0 Å². The molecular weight excluding hydrogens is 164 g/mol. The Bertz CT molecular complexity index is 466. The minimum Gasteiger partial charge on any atom is -0.506 e. The molecule has 0 saturated carbocycles. The number of nitrogens with two attached hydrogens (primary N) is 2. The van der Waals surface area contributed by atoms with Gasteiger partial charge in [0.1, 0.15) is 5.75 Å². The van der Waals surface area contributed by atoms with Crippen molar-refractivity contribution in [2.75, 3.05) is 11.5 Å². The van der Waals surface area contributed by atoms with Crippen molar-refractivity contribution in [2.45, 2.75) is 0 Å². The lowest BCUT2D eigenvalue weighted by Gasteiger charge is -2.06. The number of nitrogen functional groups attached to an aromatic ring is 2. The minimum absolute atomic E-state index is 0.0381. The number of hydrogen-bond acceptors (Lipinski definition) is 3. The monoisotopic (exact) mass is 174 g/mol. The van der Waals surface area contributed by atoms with Gasteiger partial charge in [-0.15, -0.1) is 0 Å².